The van der Waals surface area contributed by atoms with E-state index >= 15 is 0 Å². The molecule has 108 valence electrons. The first-order valence-electron chi connectivity index (χ1n) is 6.97. The highest BCUT2D eigenvalue weighted by atomic mass is 16.5. The Morgan fingerprint density at radius 3 is 2.70 bits per heavy atom. The number of nitriles is 1. The molecule has 0 aromatic heterocycles. The van der Waals surface area contributed by atoms with Crippen LogP contribution in [0.2, 0.25) is 0 Å². The molecular formula is C16H23N3O. The SMILES string of the molecule is COc1cc(CN2CCN(C)C(C)(C)C2)ccc1C#N. The largest absolute Gasteiger partial charge is 0.495 e. The van der Waals surface area contributed by atoms with Crippen LogP contribution in [-0.2, 0) is 6.54 Å². The fraction of sp³-hybridized carbons (Fsp3) is 0.562. The summed E-state index contributed by atoms with van der Waals surface area (Å²) in [5.41, 5.74) is 1.99. The zero-order chi connectivity index (χ0) is 14.8. The molecule has 0 spiro atoms. The second kappa shape index (κ2) is 5.82. The molecule has 1 heterocycles. The molecule has 20 heavy (non-hydrogen) atoms. The average Bonchev–Trinajstić information content (AvgIpc) is 2.42. The van der Waals surface area contributed by atoms with Gasteiger partial charge >= 0.3 is 0 Å². The van der Waals surface area contributed by atoms with Crippen molar-refractivity contribution in [2.45, 2.75) is 25.9 Å². The van der Waals surface area contributed by atoms with E-state index in [1.807, 2.05) is 18.2 Å². The van der Waals surface area contributed by atoms with E-state index in [1.165, 1.54) is 5.56 Å². The Hall–Kier alpha value is -1.57. The topological polar surface area (TPSA) is 39.5 Å². The summed E-state index contributed by atoms with van der Waals surface area (Å²) in [6.07, 6.45) is 0. The van der Waals surface area contributed by atoms with E-state index in [4.69, 9.17) is 10.00 Å². The summed E-state index contributed by atoms with van der Waals surface area (Å²) in [5.74, 6) is 0.665. The third kappa shape index (κ3) is 3.12. The van der Waals surface area contributed by atoms with Gasteiger partial charge in [-0.3, -0.25) is 9.80 Å². The summed E-state index contributed by atoms with van der Waals surface area (Å²) >= 11 is 0. The van der Waals surface area contributed by atoms with Crippen LogP contribution in [0.3, 0.4) is 0 Å². The Morgan fingerprint density at radius 2 is 2.10 bits per heavy atom. The van der Waals surface area contributed by atoms with Crippen LogP contribution in [0, 0.1) is 11.3 Å². The first-order valence-corrected chi connectivity index (χ1v) is 6.97. The first-order chi connectivity index (χ1) is 9.46. The van der Waals surface area contributed by atoms with Crippen LogP contribution < -0.4 is 4.74 Å². The summed E-state index contributed by atoms with van der Waals surface area (Å²) in [6.45, 7) is 8.66. The van der Waals surface area contributed by atoms with Crippen molar-refractivity contribution in [3.05, 3.63) is 29.3 Å². The molecule has 1 fully saturated rings. The number of likely N-dealkylation sites (N-methyl/N-ethyl adjacent to an activating group) is 1. The van der Waals surface area contributed by atoms with Gasteiger partial charge < -0.3 is 4.74 Å². The van der Waals surface area contributed by atoms with Crippen LogP contribution in [0.15, 0.2) is 18.2 Å². The van der Waals surface area contributed by atoms with Gasteiger partial charge in [0.25, 0.3) is 0 Å². The number of benzene rings is 1. The number of hydrogen-bond donors (Lipinski definition) is 0. The van der Waals surface area contributed by atoms with Crippen molar-refractivity contribution in [3.8, 4) is 11.8 Å². The van der Waals surface area contributed by atoms with Crippen molar-refractivity contribution in [2.24, 2.45) is 0 Å². The number of nitrogens with zero attached hydrogens (tertiary/aromatic N) is 3. The number of methoxy groups -OCH3 is 1. The average molecular weight is 273 g/mol. The zero-order valence-corrected chi connectivity index (χ0v) is 12.8. The Kier molecular flexibility index (Phi) is 4.32. The van der Waals surface area contributed by atoms with Gasteiger partial charge in [0.05, 0.1) is 12.7 Å². The summed E-state index contributed by atoms with van der Waals surface area (Å²) < 4.78 is 5.27. The molecule has 0 aliphatic carbocycles. The van der Waals surface area contributed by atoms with Crippen LogP contribution >= 0.6 is 0 Å². The minimum absolute atomic E-state index is 0.203. The van der Waals surface area contributed by atoms with Gasteiger partial charge in [-0.2, -0.15) is 5.26 Å². The lowest BCUT2D eigenvalue weighted by Crippen LogP contribution is -2.57. The highest BCUT2D eigenvalue weighted by Gasteiger charge is 2.30. The van der Waals surface area contributed by atoms with Gasteiger partial charge in [0.2, 0.25) is 0 Å². The van der Waals surface area contributed by atoms with Crippen LogP contribution in [0.25, 0.3) is 0 Å². The number of ether oxygens (including phenoxy) is 1. The smallest absolute Gasteiger partial charge is 0.136 e. The van der Waals surface area contributed by atoms with Gasteiger partial charge in [-0.25, -0.2) is 0 Å². The molecule has 4 nitrogen and oxygen atoms in total. The zero-order valence-electron chi connectivity index (χ0n) is 12.8. The molecule has 2 rings (SSSR count). The minimum atomic E-state index is 0.203. The van der Waals surface area contributed by atoms with Crippen molar-refractivity contribution in [1.82, 2.24) is 9.80 Å². The Bertz CT molecular complexity index is 519. The molecule has 1 aromatic carbocycles. The second-order valence-corrected chi connectivity index (χ2v) is 6.09. The van der Waals surface area contributed by atoms with Gasteiger partial charge in [0.15, 0.2) is 0 Å². The van der Waals surface area contributed by atoms with Crippen molar-refractivity contribution < 1.29 is 4.74 Å². The third-order valence-corrected chi connectivity index (χ3v) is 4.19. The number of hydrogen-bond acceptors (Lipinski definition) is 4. The van der Waals surface area contributed by atoms with Crippen LogP contribution in [0.1, 0.15) is 25.0 Å². The highest BCUT2D eigenvalue weighted by Crippen LogP contribution is 2.23. The summed E-state index contributed by atoms with van der Waals surface area (Å²) in [7, 11) is 3.79. The molecule has 0 saturated carbocycles. The predicted molar refractivity (Wildman–Crippen MR) is 79.7 cm³/mol. The lowest BCUT2D eigenvalue weighted by Gasteiger charge is -2.45. The summed E-state index contributed by atoms with van der Waals surface area (Å²) in [6, 6.07) is 7.99. The van der Waals surface area contributed by atoms with Crippen LogP contribution in [0.4, 0.5) is 0 Å². The molecule has 0 amide bonds. The minimum Gasteiger partial charge on any atom is -0.495 e. The molecule has 1 saturated heterocycles. The van der Waals surface area contributed by atoms with E-state index in [0.29, 0.717) is 11.3 Å². The van der Waals surface area contributed by atoms with Crippen molar-refractivity contribution in [2.75, 3.05) is 33.8 Å². The van der Waals surface area contributed by atoms with Crippen molar-refractivity contribution in [1.29, 1.82) is 5.26 Å². The molecule has 0 bridgehead atoms. The third-order valence-electron chi connectivity index (χ3n) is 4.19. The van der Waals surface area contributed by atoms with Crippen molar-refractivity contribution >= 4 is 0 Å². The van der Waals surface area contributed by atoms with Gasteiger partial charge in [0.1, 0.15) is 11.8 Å². The van der Waals surface area contributed by atoms with Gasteiger partial charge in [-0.1, -0.05) is 6.07 Å². The maximum Gasteiger partial charge on any atom is 0.136 e. The Balaban J connectivity index is 2.09. The second-order valence-electron chi connectivity index (χ2n) is 6.09. The van der Waals surface area contributed by atoms with Crippen molar-refractivity contribution in [3.63, 3.8) is 0 Å². The number of piperazine rings is 1. The molecular weight excluding hydrogens is 250 g/mol. The lowest BCUT2D eigenvalue weighted by molar-refractivity contribution is 0.0360. The van der Waals surface area contributed by atoms with E-state index < -0.39 is 0 Å². The predicted octanol–water partition coefficient (Wildman–Crippen LogP) is 2.09. The maximum absolute atomic E-state index is 9.01. The highest BCUT2D eigenvalue weighted by molar-refractivity contribution is 5.45. The molecule has 0 atom stereocenters. The van der Waals surface area contributed by atoms with E-state index in [1.54, 1.807) is 7.11 Å². The Labute approximate surface area is 121 Å². The van der Waals surface area contributed by atoms with Crippen LogP contribution in [-0.4, -0.2) is 49.1 Å². The molecule has 4 heteroatoms. The van der Waals surface area contributed by atoms with Gasteiger partial charge in [-0.05, 0) is 38.6 Å². The van der Waals surface area contributed by atoms with E-state index in [2.05, 4.69) is 36.8 Å². The molecule has 0 unspecified atom stereocenters. The van der Waals surface area contributed by atoms with E-state index in [9.17, 15) is 0 Å². The standard InChI is InChI=1S/C16H23N3O/c1-16(2)12-19(8-7-18(16)3)11-13-5-6-14(10-17)15(9-13)20-4/h5-6,9H,7-8,11-12H2,1-4H3. The maximum atomic E-state index is 9.01. The summed E-state index contributed by atoms with van der Waals surface area (Å²) in [5, 5.41) is 9.01. The van der Waals surface area contributed by atoms with E-state index in [-0.39, 0.29) is 5.54 Å². The Morgan fingerprint density at radius 1 is 1.35 bits per heavy atom. The number of rotatable bonds is 3. The molecule has 0 radical (unpaired) electrons. The van der Waals surface area contributed by atoms with Gasteiger partial charge in [-0.15, -0.1) is 0 Å². The van der Waals surface area contributed by atoms with E-state index in [0.717, 1.165) is 26.2 Å². The molecule has 1 aliphatic rings. The molecule has 1 aliphatic heterocycles. The lowest BCUT2D eigenvalue weighted by atomic mass is 9.99. The fourth-order valence-corrected chi connectivity index (χ4v) is 2.66. The van der Waals surface area contributed by atoms with Crippen LogP contribution in [0.5, 0.6) is 5.75 Å². The van der Waals surface area contributed by atoms with Gasteiger partial charge in [0, 0.05) is 31.7 Å². The quantitative estimate of drug-likeness (QED) is 0.845. The monoisotopic (exact) mass is 273 g/mol. The molecule has 1 aromatic rings. The fourth-order valence-electron chi connectivity index (χ4n) is 2.66. The molecule has 0 N–H and O–H groups in total. The first kappa shape index (κ1) is 14.8. The summed E-state index contributed by atoms with van der Waals surface area (Å²) in [4.78, 5) is 4.86. The normalized spacial score (nSPS) is 19.6.